The van der Waals surface area contributed by atoms with E-state index in [0.717, 1.165) is 27.5 Å². The number of carbonyl (C=O) groups is 1. The molecule has 1 saturated heterocycles. The van der Waals surface area contributed by atoms with E-state index in [9.17, 15) is 13.6 Å². The van der Waals surface area contributed by atoms with Crippen LogP contribution in [0.25, 0.3) is 10.8 Å². The first-order valence-electron chi connectivity index (χ1n) is 11.3. The van der Waals surface area contributed by atoms with Crippen molar-refractivity contribution in [1.29, 1.82) is 0 Å². The number of carbonyl (C=O) groups excluding carboxylic acids is 1. The SMILES string of the molecule is Nc1nccc2cc(CNC(=O)c3cncc(Cc4ccnc(N5CCC(F)(F)C5)c4)c3)ccc12. The van der Waals surface area contributed by atoms with Crippen molar-refractivity contribution in [2.45, 2.75) is 25.3 Å². The molecule has 1 aromatic carbocycles. The smallest absolute Gasteiger partial charge is 0.266 e. The predicted octanol–water partition coefficient (Wildman–Crippen LogP) is 3.97. The fourth-order valence-corrected chi connectivity index (χ4v) is 4.26. The number of benzene rings is 1. The fraction of sp³-hybridized carbons (Fsp3) is 0.231. The summed E-state index contributed by atoms with van der Waals surface area (Å²) in [5.74, 6) is -1.90. The van der Waals surface area contributed by atoms with Gasteiger partial charge in [-0.15, -0.1) is 0 Å². The Labute approximate surface area is 201 Å². The number of nitrogens with two attached hydrogens (primary N) is 1. The predicted molar refractivity (Wildman–Crippen MR) is 130 cm³/mol. The Kier molecular flexibility index (Phi) is 5.98. The summed E-state index contributed by atoms with van der Waals surface area (Å²) < 4.78 is 27.2. The number of aromatic nitrogens is 3. The van der Waals surface area contributed by atoms with E-state index in [2.05, 4.69) is 20.3 Å². The van der Waals surface area contributed by atoms with Gasteiger partial charge in [-0.25, -0.2) is 18.7 Å². The second-order valence-electron chi connectivity index (χ2n) is 8.74. The second-order valence-corrected chi connectivity index (χ2v) is 8.74. The molecular weight excluding hydrogens is 450 g/mol. The van der Waals surface area contributed by atoms with E-state index in [0.29, 0.717) is 30.2 Å². The molecule has 0 aliphatic carbocycles. The summed E-state index contributed by atoms with van der Waals surface area (Å²) in [6.07, 6.45) is 6.85. The molecule has 4 aromatic rings. The van der Waals surface area contributed by atoms with E-state index in [1.54, 1.807) is 29.6 Å². The van der Waals surface area contributed by atoms with Crippen LogP contribution in [0.3, 0.4) is 0 Å². The van der Waals surface area contributed by atoms with Crippen LogP contribution in [0.2, 0.25) is 0 Å². The molecule has 1 amide bonds. The topological polar surface area (TPSA) is 97.0 Å². The van der Waals surface area contributed by atoms with Crippen molar-refractivity contribution in [3.63, 3.8) is 0 Å². The van der Waals surface area contributed by atoms with E-state index in [1.807, 2.05) is 36.4 Å². The van der Waals surface area contributed by atoms with Gasteiger partial charge in [-0.2, -0.15) is 0 Å². The number of alkyl halides is 2. The number of pyridine rings is 3. The maximum atomic E-state index is 13.6. The fourth-order valence-electron chi connectivity index (χ4n) is 4.26. The largest absolute Gasteiger partial charge is 0.383 e. The lowest BCUT2D eigenvalue weighted by molar-refractivity contribution is 0.0256. The minimum absolute atomic E-state index is 0.162. The van der Waals surface area contributed by atoms with Crippen LogP contribution in [0.1, 0.15) is 33.5 Å². The molecule has 0 unspecified atom stereocenters. The molecule has 9 heteroatoms. The zero-order valence-electron chi connectivity index (χ0n) is 18.9. The van der Waals surface area contributed by atoms with Gasteiger partial charge in [-0.3, -0.25) is 9.78 Å². The molecular formula is C26H24F2N6O. The number of nitrogens with zero attached hydrogens (tertiary/aromatic N) is 4. The minimum atomic E-state index is -2.68. The molecule has 0 radical (unpaired) electrons. The van der Waals surface area contributed by atoms with E-state index in [4.69, 9.17) is 5.73 Å². The van der Waals surface area contributed by atoms with Gasteiger partial charge in [0.1, 0.15) is 11.6 Å². The lowest BCUT2D eigenvalue weighted by atomic mass is 10.1. The van der Waals surface area contributed by atoms with Gasteiger partial charge in [0.05, 0.1) is 12.1 Å². The lowest BCUT2D eigenvalue weighted by Gasteiger charge is -2.17. The van der Waals surface area contributed by atoms with Crippen LogP contribution in [0, 0.1) is 0 Å². The standard InChI is InChI=1S/C26H24F2N6O/c27-26(28)5-8-34(16-26)23-12-17(3-6-31-23)9-19-11-21(15-30-13-19)25(35)33-14-18-1-2-22-20(10-18)4-7-32-24(22)29/h1-4,6-7,10-13,15H,5,8-9,14,16H2,(H2,29,32)(H,33,35). The Morgan fingerprint density at radius 3 is 2.71 bits per heavy atom. The molecule has 35 heavy (non-hydrogen) atoms. The van der Waals surface area contributed by atoms with Gasteiger partial charge >= 0.3 is 0 Å². The highest BCUT2D eigenvalue weighted by atomic mass is 19.3. The van der Waals surface area contributed by atoms with Crippen LogP contribution >= 0.6 is 0 Å². The van der Waals surface area contributed by atoms with Crippen molar-refractivity contribution in [3.05, 3.63) is 89.5 Å². The molecule has 1 aliphatic heterocycles. The lowest BCUT2D eigenvalue weighted by Crippen LogP contribution is -2.25. The summed E-state index contributed by atoms with van der Waals surface area (Å²) in [6, 6.07) is 13.1. The molecule has 5 rings (SSSR count). The van der Waals surface area contributed by atoms with Gasteiger partial charge in [0.15, 0.2) is 0 Å². The number of nitrogens with one attached hydrogen (secondary N) is 1. The quantitative estimate of drug-likeness (QED) is 0.439. The van der Waals surface area contributed by atoms with Crippen molar-refractivity contribution in [3.8, 4) is 0 Å². The molecule has 0 spiro atoms. The highest BCUT2D eigenvalue weighted by Crippen LogP contribution is 2.30. The van der Waals surface area contributed by atoms with Crippen LogP contribution in [-0.4, -0.2) is 39.9 Å². The van der Waals surface area contributed by atoms with Gasteiger partial charge in [-0.05, 0) is 58.8 Å². The maximum absolute atomic E-state index is 13.6. The number of halogens is 2. The van der Waals surface area contributed by atoms with Gasteiger partial charge in [0.25, 0.3) is 11.8 Å². The molecule has 7 nitrogen and oxygen atoms in total. The van der Waals surface area contributed by atoms with Crippen LogP contribution in [0.4, 0.5) is 20.4 Å². The van der Waals surface area contributed by atoms with E-state index in [-0.39, 0.29) is 25.4 Å². The van der Waals surface area contributed by atoms with Crippen LogP contribution < -0.4 is 16.0 Å². The monoisotopic (exact) mass is 474 g/mol. The highest BCUT2D eigenvalue weighted by molar-refractivity contribution is 5.94. The number of fused-ring (bicyclic) bond motifs is 1. The van der Waals surface area contributed by atoms with Crippen molar-refractivity contribution in [2.24, 2.45) is 0 Å². The summed E-state index contributed by atoms with van der Waals surface area (Å²) in [5.41, 5.74) is 9.05. The molecule has 0 bridgehead atoms. The summed E-state index contributed by atoms with van der Waals surface area (Å²) in [5, 5.41) is 4.76. The summed E-state index contributed by atoms with van der Waals surface area (Å²) >= 11 is 0. The van der Waals surface area contributed by atoms with E-state index >= 15 is 0 Å². The first kappa shape index (κ1) is 22.6. The third-order valence-electron chi connectivity index (χ3n) is 6.08. The van der Waals surface area contributed by atoms with Crippen molar-refractivity contribution in [2.75, 3.05) is 23.7 Å². The van der Waals surface area contributed by atoms with E-state index < -0.39 is 5.92 Å². The van der Waals surface area contributed by atoms with E-state index in [1.165, 1.54) is 6.20 Å². The number of rotatable bonds is 6. The van der Waals surface area contributed by atoms with Crippen LogP contribution in [-0.2, 0) is 13.0 Å². The second kappa shape index (κ2) is 9.25. The first-order chi connectivity index (χ1) is 16.9. The number of amides is 1. The molecule has 0 saturated carbocycles. The van der Waals surface area contributed by atoms with Gasteiger partial charge in [0, 0.05) is 49.7 Å². The molecule has 1 fully saturated rings. The van der Waals surface area contributed by atoms with Crippen molar-refractivity contribution < 1.29 is 13.6 Å². The number of anilines is 2. The number of hydrogen-bond donors (Lipinski definition) is 2. The van der Waals surface area contributed by atoms with Gasteiger partial charge in [-0.1, -0.05) is 12.1 Å². The summed E-state index contributed by atoms with van der Waals surface area (Å²) in [7, 11) is 0. The van der Waals surface area contributed by atoms with Crippen molar-refractivity contribution in [1.82, 2.24) is 20.3 Å². The summed E-state index contributed by atoms with van der Waals surface area (Å²) in [6.45, 7) is 0.319. The molecule has 1 aliphatic rings. The third-order valence-corrected chi connectivity index (χ3v) is 6.08. The normalized spacial score (nSPS) is 14.9. The number of nitrogen functional groups attached to an aromatic ring is 1. The summed E-state index contributed by atoms with van der Waals surface area (Å²) in [4.78, 5) is 26.9. The van der Waals surface area contributed by atoms with Gasteiger partial charge < -0.3 is 16.0 Å². The molecule has 3 aromatic heterocycles. The Morgan fingerprint density at radius 2 is 1.89 bits per heavy atom. The highest BCUT2D eigenvalue weighted by Gasteiger charge is 2.38. The Balaban J connectivity index is 1.24. The Morgan fingerprint density at radius 1 is 1.03 bits per heavy atom. The zero-order valence-corrected chi connectivity index (χ0v) is 18.9. The van der Waals surface area contributed by atoms with Gasteiger partial charge in [0.2, 0.25) is 0 Å². The van der Waals surface area contributed by atoms with Crippen molar-refractivity contribution >= 4 is 28.3 Å². The Bertz CT molecular complexity index is 1390. The molecule has 3 N–H and O–H groups in total. The average Bonchev–Trinajstić information content (AvgIpc) is 3.22. The van der Waals surface area contributed by atoms with Crippen LogP contribution in [0.5, 0.6) is 0 Å². The van der Waals surface area contributed by atoms with Crippen LogP contribution in [0.15, 0.2) is 67.3 Å². The maximum Gasteiger partial charge on any atom is 0.266 e. The Hall–Kier alpha value is -4.14. The molecule has 4 heterocycles. The third kappa shape index (κ3) is 5.18. The number of hydrogen-bond acceptors (Lipinski definition) is 6. The molecule has 178 valence electrons. The average molecular weight is 475 g/mol. The first-order valence-corrected chi connectivity index (χ1v) is 11.3. The minimum Gasteiger partial charge on any atom is -0.383 e. The zero-order chi connectivity index (χ0) is 24.4. The molecule has 0 atom stereocenters.